The molecule has 1 saturated carbocycles. The van der Waals surface area contributed by atoms with Crippen molar-refractivity contribution >= 4 is 29.2 Å². The number of hydrogen-bond acceptors (Lipinski definition) is 8. The first-order valence-electron chi connectivity index (χ1n) is 11.4. The normalized spacial score (nSPS) is 14.5. The lowest BCUT2D eigenvalue weighted by Crippen LogP contribution is -2.37. The maximum atomic E-state index is 13.6. The van der Waals surface area contributed by atoms with E-state index in [-0.39, 0.29) is 29.5 Å². The zero-order chi connectivity index (χ0) is 27.6. The molecule has 1 fully saturated rings. The third-order valence-corrected chi connectivity index (χ3v) is 5.79. The molecule has 1 aliphatic carbocycles. The van der Waals surface area contributed by atoms with Gasteiger partial charge in [0.25, 0.3) is 6.20 Å². The van der Waals surface area contributed by atoms with Gasteiger partial charge in [0.15, 0.2) is 5.69 Å². The van der Waals surface area contributed by atoms with Gasteiger partial charge in [0.2, 0.25) is 11.8 Å². The van der Waals surface area contributed by atoms with Crippen LogP contribution >= 0.6 is 0 Å². The molecule has 39 heavy (non-hydrogen) atoms. The zero-order valence-corrected chi connectivity index (χ0v) is 19.9. The summed E-state index contributed by atoms with van der Waals surface area (Å²) in [6.07, 6.45) is 0.397. The van der Waals surface area contributed by atoms with Gasteiger partial charge in [-0.25, -0.2) is 4.79 Å². The third-order valence-electron chi connectivity index (χ3n) is 5.79. The fourth-order valence-corrected chi connectivity index (χ4v) is 3.75. The van der Waals surface area contributed by atoms with E-state index in [2.05, 4.69) is 31.0 Å². The number of benzene rings is 1. The number of amides is 2. The number of halogens is 3. The molecule has 12 nitrogen and oxygen atoms in total. The lowest BCUT2D eigenvalue weighted by Gasteiger charge is -2.23. The van der Waals surface area contributed by atoms with Gasteiger partial charge in [-0.05, 0) is 59.8 Å². The number of pyridine rings is 1. The summed E-state index contributed by atoms with van der Waals surface area (Å²) < 4.78 is 48.4. The molecular formula is C24H18F3N9O3. The summed E-state index contributed by atoms with van der Waals surface area (Å²) >= 11 is 0. The summed E-state index contributed by atoms with van der Waals surface area (Å²) in [4.78, 5) is 20.5. The molecule has 0 unspecified atom stereocenters. The molecule has 4 aromatic rings. The van der Waals surface area contributed by atoms with Gasteiger partial charge in [0.05, 0.1) is 16.8 Å². The van der Waals surface area contributed by atoms with Gasteiger partial charge in [-0.3, -0.25) is 24.5 Å². The molecule has 0 aliphatic heterocycles. The molecule has 0 bridgehead atoms. The Morgan fingerprint density at radius 3 is 2.74 bits per heavy atom. The molecule has 0 atom stereocenters. The molecule has 3 aromatic heterocycles. The number of hydrogen-bond donors (Lipinski definition) is 2. The van der Waals surface area contributed by atoms with Crippen LogP contribution in [0.3, 0.4) is 0 Å². The van der Waals surface area contributed by atoms with Crippen molar-refractivity contribution in [3.8, 4) is 6.07 Å². The SMILES string of the molecule is N#Cc1ccn(C2(C([O-])=Nc3cc(NC(=O)Nc4c[n+](Cc5ccccn5)no4)cc(C(F)(F)F)c3)CC2)n1. The molecule has 1 aromatic carbocycles. The van der Waals surface area contributed by atoms with Crippen molar-refractivity contribution in [2.45, 2.75) is 31.1 Å². The van der Waals surface area contributed by atoms with E-state index < -0.39 is 29.2 Å². The van der Waals surface area contributed by atoms with Crippen LogP contribution in [0.25, 0.3) is 0 Å². The topological polar surface area (TPSA) is 161 Å². The molecule has 0 saturated heterocycles. The Bertz CT molecular complexity index is 1590. The van der Waals surface area contributed by atoms with Crippen molar-refractivity contribution < 1.29 is 32.3 Å². The van der Waals surface area contributed by atoms with Crippen molar-refractivity contribution in [3.63, 3.8) is 0 Å². The number of urea groups is 1. The van der Waals surface area contributed by atoms with Crippen molar-refractivity contribution in [2.24, 2.45) is 4.99 Å². The van der Waals surface area contributed by atoms with Crippen molar-refractivity contribution in [3.05, 3.63) is 78.0 Å². The molecule has 0 spiro atoms. The van der Waals surface area contributed by atoms with Crippen LogP contribution in [0.5, 0.6) is 0 Å². The number of nitriles is 1. The molecule has 3 heterocycles. The highest BCUT2D eigenvalue weighted by molar-refractivity contribution is 5.99. The molecule has 15 heteroatoms. The number of nitrogens with zero attached hydrogens (tertiary/aromatic N) is 7. The van der Waals surface area contributed by atoms with Crippen LogP contribution in [0.2, 0.25) is 0 Å². The lowest BCUT2D eigenvalue weighted by atomic mass is 10.1. The van der Waals surface area contributed by atoms with Crippen LogP contribution < -0.4 is 20.4 Å². The van der Waals surface area contributed by atoms with E-state index in [0.29, 0.717) is 30.7 Å². The molecule has 2 amide bonds. The molecule has 2 N–H and O–H groups in total. The van der Waals surface area contributed by atoms with E-state index in [0.717, 1.165) is 6.07 Å². The fraction of sp³-hybridized carbons (Fsp3) is 0.208. The fourth-order valence-electron chi connectivity index (χ4n) is 3.75. The first-order chi connectivity index (χ1) is 18.6. The maximum absolute atomic E-state index is 13.6. The Labute approximate surface area is 218 Å². The Kier molecular flexibility index (Phi) is 6.44. The standard InChI is InChI=1S/C24H18F3N9O3/c25-24(26,27)15-9-18(30-21(37)23(5-6-23)36-8-4-16(12-28)33-36)11-19(10-15)31-22(38)32-20-14-35(34-39-20)13-17-3-1-2-7-29-17/h1-4,7-11,14H,5-6,13H2,(H2-,30,31,32,34,37,38). The van der Waals surface area contributed by atoms with Gasteiger partial charge < -0.3 is 10.4 Å². The van der Waals surface area contributed by atoms with E-state index in [1.54, 1.807) is 24.4 Å². The smallest absolute Gasteiger partial charge is 0.416 e. The predicted molar refractivity (Wildman–Crippen MR) is 125 cm³/mol. The van der Waals surface area contributed by atoms with Crippen molar-refractivity contribution in [1.29, 1.82) is 5.26 Å². The Hall–Kier alpha value is -5.26. The van der Waals surface area contributed by atoms with Gasteiger partial charge in [-0.1, -0.05) is 6.07 Å². The van der Waals surface area contributed by atoms with Crippen LogP contribution in [0, 0.1) is 11.3 Å². The third kappa shape index (κ3) is 5.69. The number of rotatable bonds is 7. The first-order valence-corrected chi connectivity index (χ1v) is 11.4. The lowest BCUT2D eigenvalue weighted by molar-refractivity contribution is -0.755. The van der Waals surface area contributed by atoms with E-state index in [1.807, 2.05) is 6.07 Å². The van der Waals surface area contributed by atoms with Crippen molar-refractivity contribution in [1.82, 2.24) is 20.0 Å². The highest BCUT2D eigenvalue weighted by atomic mass is 19.4. The zero-order valence-electron chi connectivity index (χ0n) is 19.9. The number of carbonyl (C=O) groups excluding carboxylic acids is 1. The Morgan fingerprint density at radius 2 is 2.08 bits per heavy atom. The van der Waals surface area contributed by atoms with Crippen LogP contribution in [0.1, 0.15) is 29.8 Å². The number of anilines is 2. The minimum atomic E-state index is -4.77. The second-order valence-corrected chi connectivity index (χ2v) is 8.64. The summed E-state index contributed by atoms with van der Waals surface area (Å²) in [6.45, 7) is 0.262. The number of nitrogens with one attached hydrogen (secondary N) is 2. The molecular weight excluding hydrogens is 519 g/mol. The predicted octanol–water partition coefficient (Wildman–Crippen LogP) is 2.72. The number of aliphatic imine (C=N–C) groups is 1. The van der Waals surface area contributed by atoms with E-state index >= 15 is 0 Å². The van der Waals surface area contributed by atoms with Crippen molar-refractivity contribution in [2.75, 3.05) is 10.6 Å². The summed E-state index contributed by atoms with van der Waals surface area (Å²) in [6, 6.07) is 10.2. The number of alkyl halides is 3. The molecule has 0 radical (unpaired) electrons. The number of carbonyl (C=O) groups is 1. The summed E-state index contributed by atoms with van der Waals surface area (Å²) in [5.74, 6) is -0.786. The summed E-state index contributed by atoms with van der Waals surface area (Å²) in [7, 11) is 0. The summed E-state index contributed by atoms with van der Waals surface area (Å²) in [5.41, 5.74) is -2.06. The van der Waals surface area contributed by atoms with Gasteiger partial charge in [0.1, 0.15) is 11.8 Å². The van der Waals surface area contributed by atoms with Gasteiger partial charge in [-0.2, -0.15) is 23.5 Å². The Morgan fingerprint density at radius 1 is 1.26 bits per heavy atom. The molecule has 1 aliphatic rings. The van der Waals surface area contributed by atoms with Crippen LogP contribution in [-0.4, -0.2) is 32.0 Å². The van der Waals surface area contributed by atoms with Gasteiger partial charge >= 0.3 is 18.1 Å². The first kappa shape index (κ1) is 25.4. The Balaban J connectivity index is 1.33. The van der Waals surface area contributed by atoms with Crippen LogP contribution in [-0.2, 0) is 18.3 Å². The second kappa shape index (κ2) is 9.89. The average molecular weight is 537 g/mol. The quantitative estimate of drug-likeness (QED) is 0.208. The minimum Gasteiger partial charge on any atom is -0.860 e. The van der Waals surface area contributed by atoms with Gasteiger partial charge in [0, 0.05) is 18.1 Å². The van der Waals surface area contributed by atoms with Gasteiger partial charge in [-0.15, -0.1) is 0 Å². The highest BCUT2D eigenvalue weighted by Gasteiger charge is 2.46. The van der Waals surface area contributed by atoms with E-state index in [9.17, 15) is 23.1 Å². The second-order valence-electron chi connectivity index (χ2n) is 8.64. The highest BCUT2D eigenvalue weighted by Crippen LogP contribution is 2.44. The minimum absolute atomic E-state index is 0.0675. The molecule has 5 rings (SSSR count). The average Bonchev–Trinajstić information content (AvgIpc) is 3.36. The van der Waals surface area contributed by atoms with E-state index in [4.69, 9.17) is 9.78 Å². The van der Waals surface area contributed by atoms with Crippen LogP contribution in [0.4, 0.5) is 35.2 Å². The summed E-state index contributed by atoms with van der Waals surface area (Å²) in [5, 5.41) is 34.3. The monoisotopic (exact) mass is 537 g/mol. The number of aromatic nitrogens is 5. The maximum Gasteiger partial charge on any atom is 0.416 e. The van der Waals surface area contributed by atoms with E-state index in [1.165, 1.54) is 27.8 Å². The van der Waals surface area contributed by atoms with Crippen LogP contribution in [0.15, 0.2) is 70.6 Å². The largest absolute Gasteiger partial charge is 0.860 e. The molecule has 198 valence electrons.